The van der Waals surface area contributed by atoms with Gasteiger partial charge in [0, 0.05) is 9.52 Å². The maximum absolute atomic E-state index is 2.43. The first-order chi connectivity index (χ1) is 28.7. The van der Waals surface area contributed by atoms with Gasteiger partial charge in [-0.25, -0.2) is 0 Å². The Morgan fingerprint density at radius 2 is 0.650 bits per heavy atom. The van der Waals surface area contributed by atoms with E-state index >= 15 is 0 Å². The minimum Gasteiger partial charge on any atom is -0.164 e. The molecular weight excluding hydrogens is 816 g/mol. The van der Waals surface area contributed by atoms with Crippen molar-refractivity contribution in [2.75, 3.05) is 0 Å². The van der Waals surface area contributed by atoms with Crippen LogP contribution in [0.3, 0.4) is 0 Å². The number of aryl methyl sites for hydroxylation is 6. The van der Waals surface area contributed by atoms with Crippen molar-refractivity contribution in [1.82, 2.24) is 0 Å². The topological polar surface area (TPSA) is 0 Å². The minimum absolute atomic E-state index is 0. The quantitative estimate of drug-likeness (QED) is 0.0652. The van der Waals surface area contributed by atoms with E-state index in [-0.39, 0.29) is 26.2 Å². The molecule has 0 heterocycles. The van der Waals surface area contributed by atoms with Gasteiger partial charge in [-0.2, -0.15) is 12.1 Å². The van der Waals surface area contributed by atoms with Gasteiger partial charge in [0.1, 0.15) is 0 Å². The summed E-state index contributed by atoms with van der Waals surface area (Å²) in [5.41, 5.74) is 18.7. The Bertz CT molecular complexity index is 2170. The van der Waals surface area contributed by atoms with Gasteiger partial charge in [0.15, 0.2) is 0 Å². The van der Waals surface area contributed by atoms with Crippen molar-refractivity contribution in [3.8, 4) is 44.5 Å². The van der Waals surface area contributed by atoms with E-state index in [9.17, 15) is 0 Å². The van der Waals surface area contributed by atoms with E-state index in [0.717, 1.165) is 9.52 Å². The summed E-state index contributed by atoms with van der Waals surface area (Å²) in [5.74, 6) is 0. The third-order valence-electron chi connectivity index (χ3n) is 11.5. The molecule has 0 bridgehead atoms. The van der Waals surface area contributed by atoms with Crippen LogP contribution < -0.4 is 0 Å². The Kier molecular flexibility index (Phi) is 17.9. The Morgan fingerprint density at radius 3 is 0.933 bits per heavy atom. The maximum atomic E-state index is 2.43. The molecule has 0 unspecified atom stereocenters. The number of hydrogen-bond donors (Lipinski definition) is 0. The second-order valence-corrected chi connectivity index (χ2v) is 17.6. The van der Waals surface area contributed by atoms with E-state index in [2.05, 4.69) is 200 Å². The molecule has 8 aromatic carbocycles. The summed E-state index contributed by atoms with van der Waals surface area (Å²) in [6.07, 6.45) is 10.0. The summed E-state index contributed by atoms with van der Waals surface area (Å²) in [6.45, 7) is 17.4. The van der Waals surface area contributed by atoms with Crippen LogP contribution in [0.5, 0.6) is 0 Å². The molecule has 2 radical (unpaired) electrons. The second kappa shape index (κ2) is 23.0. The fourth-order valence-corrected chi connectivity index (χ4v) is 8.11. The van der Waals surface area contributed by atoms with Gasteiger partial charge in [-0.15, -0.1) is 44.8 Å². The van der Waals surface area contributed by atoms with Gasteiger partial charge in [-0.3, -0.25) is 0 Å². The molecule has 0 aromatic heterocycles. The van der Waals surface area contributed by atoms with Gasteiger partial charge >= 0.3 is 26.2 Å². The first-order valence-corrected chi connectivity index (χ1v) is 24.0. The monoisotopic (exact) mass is 878 g/mol. The molecule has 0 aliphatic carbocycles. The number of fused-ring (bicyclic) bond motifs is 2. The minimum atomic E-state index is 0. The predicted octanol–water partition coefficient (Wildman–Crippen LogP) is 17.3. The van der Waals surface area contributed by atoms with Gasteiger partial charge in [0.25, 0.3) is 0 Å². The Hall–Kier alpha value is -4.36. The van der Waals surface area contributed by atoms with E-state index in [1.54, 1.807) is 0 Å². The number of hydrogen-bond acceptors (Lipinski definition) is 0. The Balaban J connectivity index is 0.000000210. The first-order valence-electron chi connectivity index (χ1n) is 22.0. The molecule has 0 nitrogen and oxygen atoms in total. The van der Waals surface area contributed by atoms with Gasteiger partial charge in [-0.1, -0.05) is 242 Å². The number of rotatable bonds is 12. The molecule has 8 aromatic rings. The van der Waals surface area contributed by atoms with Crippen LogP contribution in [0.4, 0.5) is 0 Å². The fraction of sp³-hybridized carbons (Fsp3) is 0.276. The normalized spacial score (nSPS) is 10.8. The van der Waals surface area contributed by atoms with Crippen molar-refractivity contribution in [3.05, 3.63) is 179 Å². The van der Waals surface area contributed by atoms with E-state index in [1.165, 1.54) is 151 Å². The van der Waals surface area contributed by atoms with E-state index < -0.39 is 0 Å². The Morgan fingerprint density at radius 1 is 0.383 bits per heavy atom. The van der Waals surface area contributed by atoms with Gasteiger partial charge in [-0.05, 0) is 51.7 Å². The molecule has 304 valence electrons. The van der Waals surface area contributed by atoms with Crippen LogP contribution in [0.15, 0.2) is 146 Å². The van der Waals surface area contributed by atoms with Gasteiger partial charge in [0.2, 0.25) is 0 Å². The van der Waals surface area contributed by atoms with Crippen LogP contribution in [0.2, 0.25) is 13.1 Å². The molecule has 2 heteroatoms. The largest absolute Gasteiger partial charge is 2.00 e. The molecule has 0 fully saturated rings. The van der Waals surface area contributed by atoms with Gasteiger partial charge < -0.3 is 0 Å². The van der Waals surface area contributed by atoms with E-state index in [4.69, 9.17) is 0 Å². The predicted molar refractivity (Wildman–Crippen MR) is 264 cm³/mol. The third kappa shape index (κ3) is 11.9. The zero-order valence-corrected chi connectivity index (χ0v) is 41.0. The maximum Gasteiger partial charge on any atom is 2.00 e. The van der Waals surface area contributed by atoms with Crippen LogP contribution in [-0.4, -0.2) is 9.52 Å². The summed E-state index contributed by atoms with van der Waals surface area (Å²) in [6, 6.07) is 54.6. The summed E-state index contributed by atoms with van der Waals surface area (Å²) in [5, 5.41) is 5.53. The molecule has 0 aliphatic heterocycles. The SMILES string of the molecule is CCCCCc1cc2c(-c3ccc(C)cc3)ccc(-c3ccc(C)cc3)c2[cH-]1.CCCCCc1cc2c(-c3ccc(C)cc3)ccc(-c3ccc(C)cc3)c2[cH-]1.C[Si]C.[Zr+2]. The zero-order chi connectivity index (χ0) is 41.7. The second-order valence-electron chi connectivity index (χ2n) is 16.6. The molecule has 0 saturated heterocycles. The van der Waals surface area contributed by atoms with Crippen LogP contribution in [0.25, 0.3) is 66.1 Å². The van der Waals surface area contributed by atoms with Crippen LogP contribution in [0.1, 0.15) is 85.8 Å². The van der Waals surface area contributed by atoms with E-state index in [0.29, 0.717) is 0 Å². The van der Waals surface area contributed by atoms with Crippen molar-refractivity contribution in [2.45, 2.75) is 106 Å². The van der Waals surface area contributed by atoms with Crippen molar-refractivity contribution >= 4 is 31.1 Å². The summed E-state index contributed by atoms with van der Waals surface area (Å²) in [7, 11) is 1.08. The van der Waals surface area contributed by atoms with Crippen molar-refractivity contribution in [2.24, 2.45) is 0 Å². The number of unbranched alkanes of at least 4 members (excludes halogenated alkanes) is 4. The average Bonchev–Trinajstić information content (AvgIpc) is 3.88. The van der Waals surface area contributed by atoms with Gasteiger partial charge in [0.05, 0.1) is 0 Å². The molecule has 0 N–H and O–H groups in total. The summed E-state index contributed by atoms with van der Waals surface area (Å²) in [4.78, 5) is 0. The smallest absolute Gasteiger partial charge is 0.164 e. The fourth-order valence-electron chi connectivity index (χ4n) is 8.11. The molecule has 0 atom stereocenters. The Labute approximate surface area is 384 Å². The molecule has 8 rings (SSSR count). The molecule has 0 spiro atoms. The van der Waals surface area contributed by atoms with Crippen molar-refractivity contribution in [1.29, 1.82) is 0 Å². The van der Waals surface area contributed by atoms with Crippen LogP contribution in [0, 0.1) is 27.7 Å². The molecule has 60 heavy (non-hydrogen) atoms. The molecular formula is C58H64SiZr. The van der Waals surface area contributed by atoms with Crippen molar-refractivity contribution < 1.29 is 26.2 Å². The first kappa shape index (κ1) is 46.7. The summed E-state index contributed by atoms with van der Waals surface area (Å²) >= 11 is 0. The zero-order valence-electron chi connectivity index (χ0n) is 37.5. The van der Waals surface area contributed by atoms with Crippen LogP contribution in [-0.2, 0) is 39.0 Å². The molecule has 0 aliphatic rings. The molecule has 0 saturated carbocycles. The third-order valence-corrected chi connectivity index (χ3v) is 11.5. The van der Waals surface area contributed by atoms with E-state index in [1.807, 2.05) is 0 Å². The van der Waals surface area contributed by atoms with Crippen molar-refractivity contribution in [3.63, 3.8) is 0 Å². The molecule has 0 amide bonds. The number of benzene rings is 6. The summed E-state index contributed by atoms with van der Waals surface area (Å²) < 4.78 is 0. The van der Waals surface area contributed by atoms with Crippen LogP contribution >= 0.6 is 0 Å². The standard InChI is InChI=1S/2C28H29.C2H6Si.Zr/c2*1-4-5-6-7-22-18-27-25(23-12-8-20(2)9-13-23)16-17-26(28(27)19-22)24-14-10-21(3)11-15-24;1-3-2;/h2*8-19H,4-7H2,1-3H3;1-2H3;/q2*-1;;+2. The average molecular weight is 880 g/mol.